The van der Waals surface area contributed by atoms with E-state index in [1.807, 2.05) is 18.2 Å². The van der Waals surface area contributed by atoms with Gasteiger partial charge in [0.1, 0.15) is 0 Å². The molecule has 0 spiro atoms. The SMILES string of the molecule is CCN(CC)CCCNc1ccc(Cl)c(Cl)c1. The van der Waals surface area contributed by atoms with Crippen LogP contribution in [0.1, 0.15) is 20.3 Å². The standard InChI is InChI=1S/C13H20Cl2N2/c1-3-17(4-2)9-5-8-16-11-6-7-12(14)13(15)10-11/h6-7,10,16H,3-5,8-9H2,1-2H3. The summed E-state index contributed by atoms with van der Waals surface area (Å²) in [6, 6.07) is 5.63. The predicted octanol–water partition coefficient (Wildman–Crippen LogP) is 4.14. The molecule has 2 nitrogen and oxygen atoms in total. The zero-order chi connectivity index (χ0) is 12.7. The number of hydrogen-bond donors (Lipinski definition) is 1. The summed E-state index contributed by atoms with van der Waals surface area (Å²) in [6.07, 6.45) is 1.13. The van der Waals surface area contributed by atoms with E-state index in [0.29, 0.717) is 10.0 Å². The monoisotopic (exact) mass is 274 g/mol. The van der Waals surface area contributed by atoms with Gasteiger partial charge in [0.05, 0.1) is 10.0 Å². The summed E-state index contributed by atoms with van der Waals surface area (Å²) in [6.45, 7) is 8.69. The third-order valence-corrected chi connectivity index (χ3v) is 3.53. The van der Waals surface area contributed by atoms with Crippen LogP contribution in [-0.2, 0) is 0 Å². The van der Waals surface area contributed by atoms with Crippen LogP contribution < -0.4 is 5.32 Å². The van der Waals surface area contributed by atoms with Crippen molar-refractivity contribution in [3.05, 3.63) is 28.2 Å². The molecule has 0 saturated carbocycles. The van der Waals surface area contributed by atoms with Gasteiger partial charge in [0.25, 0.3) is 0 Å². The van der Waals surface area contributed by atoms with Gasteiger partial charge in [0.15, 0.2) is 0 Å². The number of halogens is 2. The third kappa shape index (κ3) is 5.15. The van der Waals surface area contributed by atoms with Gasteiger partial charge in [-0.2, -0.15) is 0 Å². The van der Waals surface area contributed by atoms with Crippen LogP contribution in [0, 0.1) is 0 Å². The maximum atomic E-state index is 5.94. The molecule has 0 unspecified atom stereocenters. The van der Waals surface area contributed by atoms with E-state index in [-0.39, 0.29) is 0 Å². The first kappa shape index (κ1) is 14.6. The molecule has 0 aliphatic rings. The zero-order valence-corrected chi connectivity index (χ0v) is 12.0. The lowest BCUT2D eigenvalue weighted by Gasteiger charge is -2.18. The van der Waals surface area contributed by atoms with Crippen molar-refractivity contribution in [3.8, 4) is 0 Å². The minimum Gasteiger partial charge on any atom is -0.385 e. The van der Waals surface area contributed by atoms with Crippen LogP contribution >= 0.6 is 23.2 Å². The number of rotatable bonds is 7. The molecule has 0 heterocycles. The normalized spacial score (nSPS) is 10.9. The molecule has 0 aromatic heterocycles. The molecule has 0 saturated heterocycles. The topological polar surface area (TPSA) is 15.3 Å². The van der Waals surface area contributed by atoms with E-state index in [9.17, 15) is 0 Å². The van der Waals surface area contributed by atoms with Crippen LogP contribution in [0.15, 0.2) is 18.2 Å². The van der Waals surface area contributed by atoms with Gasteiger partial charge < -0.3 is 10.2 Å². The second-order valence-corrected chi connectivity index (χ2v) is 4.75. The molecule has 17 heavy (non-hydrogen) atoms. The Hall–Kier alpha value is -0.440. The van der Waals surface area contributed by atoms with Crippen molar-refractivity contribution in [2.45, 2.75) is 20.3 Å². The molecule has 1 aromatic rings. The second-order valence-electron chi connectivity index (χ2n) is 3.94. The van der Waals surface area contributed by atoms with Gasteiger partial charge >= 0.3 is 0 Å². The Kier molecular flexibility index (Phi) is 6.71. The van der Waals surface area contributed by atoms with E-state index in [0.717, 1.165) is 38.3 Å². The van der Waals surface area contributed by atoms with Gasteiger partial charge in [0, 0.05) is 12.2 Å². The molecule has 96 valence electrons. The molecule has 4 heteroatoms. The summed E-state index contributed by atoms with van der Waals surface area (Å²) >= 11 is 11.8. The van der Waals surface area contributed by atoms with Crippen molar-refractivity contribution in [3.63, 3.8) is 0 Å². The number of hydrogen-bond acceptors (Lipinski definition) is 2. The molecule has 0 atom stereocenters. The average molecular weight is 275 g/mol. The Morgan fingerprint density at radius 2 is 1.82 bits per heavy atom. The fraction of sp³-hybridized carbons (Fsp3) is 0.538. The molecule has 1 aromatic carbocycles. The summed E-state index contributed by atoms with van der Waals surface area (Å²) in [5.41, 5.74) is 1.03. The minimum atomic E-state index is 0.598. The predicted molar refractivity (Wildman–Crippen MR) is 77.4 cm³/mol. The van der Waals surface area contributed by atoms with Crippen LogP contribution in [0.3, 0.4) is 0 Å². The molecule has 1 rings (SSSR count). The van der Waals surface area contributed by atoms with Gasteiger partial charge in [-0.3, -0.25) is 0 Å². The molecular formula is C13H20Cl2N2. The lowest BCUT2D eigenvalue weighted by molar-refractivity contribution is 0.303. The van der Waals surface area contributed by atoms with Crippen molar-refractivity contribution in [2.24, 2.45) is 0 Å². The lowest BCUT2D eigenvalue weighted by Crippen LogP contribution is -2.25. The fourth-order valence-corrected chi connectivity index (χ4v) is 1.98. The minimum absolute atomic E-state index is 0.598. The van der Waals surface area contributed by atoms with Gasteiger partial charge in [-0.15, -0.1) is 0 Å². The van der Waals surface area contributed by atoms with Crippen LogP contribution in [-0.4, -0.2) is 31.1 Å². The summed E-state index contributed by atoms with van der Waals surface area (Å²) in [5.74, 6) is 0. The maximum absolute atomic E-state index is 5.94. The van der Waals surface area contributed by atoms with Crippen LogP contribution in [0.2, 0.25) is 10.0 Å². The van der Waals surface area contributed by atoms with Gasteiger partial charge in [-0.05, 0) is 44.3 Å². The van der Waals surface area contributed by atoms with Crippen molar-refractivity contribution >= 4 is 28.9 Å². The second kappa shape index (κ2) is 7.80. The molecular weight excluding hydrogens is 255 g/mol. The Bertz CT molecular complexity index is 338. The maximum Gasteiger partial charge on any atom is 0.0612 e. The molecule has 1 N–H and O–H groups in total. The Labute approximate surface area is 114 Å². The molecule has 0 bridgehead atoms. The summed E-state index contributed by atoms with van der Waals surface area (Å²) in [5, 5.41) is 4.54. The van der Waals surface area contributed by atoms with E-state index >= 15 is 0 Å². The van der Waals surface area contributed by atoms with Crippen molar-refractivity contribution in [1.29, 1.82) is 0 Å². The van der Waals surface area contributed by atoms with Gasteiger partial charge in [-0.1, -0.05) is 37.0 Å². The van der Waals surface area contributed by atoms with Gasteiger partial charge in [0.2, 0.25) is 0 Å². The first-order chi connectivity index (χ1) is 8.17. The highest BCUT2D eigenvalue weighted by atomic mass is 35.5. The Morgan fingerprint density at radius 1 is 1.12 bits per heavy atom. The third-order valence-electron chi connectivity index (χ3n) is 2.79. The number of nitrogens with zero attached hydrogens (tertiary/aromatic N) is 1. The molecule has 0 radical (unpaired) electrons. The Morgan fingerprint density at radius 3 is 2.41 bits per heavy atom. The van der Waals surface area contributed by atoms with Crippen molar-refractivity contribution in [2.75, 3.05) is 31.5 Å². The van der Waals surface area contributed by atoms with Gasteiger partial charge in [-0.25, -0.2) is 0 Å². The zero-order valence-electron chi connectivity index (χ0n) is 10.5. The summed E-state index contributed by atoms with van der Waals surface area (Å²) < 4.78 is 0. The highest BCUT2D eigenvalue weighted by molar-refractivity contribution is 6.42. The Balaban J connectivity index is 2.28. The first-order valence-corrected chi connectivity index (χ1v) is 6.84. The highest BCUT2D eigenvalue weighted by Crippen LogP contribution is 2.24. The number of benzene rings is 1. The molecule has 0 fully saturated rings. The van der Waals surface area contributed by atoms with Crippen LogP contribution in [0.4, 0.5) is 5.69 Å². The summed E-state index contributed by atoms with van der Waals surface area (Å²) in [7, 11) is 0. The van der Waals surface area contributed by atoms with Crippen molar-refractivity contribution in [1.82, 2.24) is 4.90 Å². The number of anilines is 1. The van der Waals surface area contributed by atoms with Crippen LogP contribution in [0.25, 0.3) is 0 Å². The fourth-order valence-electron chi connectivity index (χ4n) is 1.68. The lowest BCUT2D eigenvalue weighted by atomic mass is 10.3. The van der Waals surface area contributed by atoms with E-state index in [1.54, 1.807) is 0 Å². The number of nitrogens with one attached hydrogen (secondary N) is 1. The van der Waals surface area contributed by atoms with Crippen molar-refractivity contribution < 1.29 is 0 Å². The van der Waals surface area contributed by atoms with E-state index in [4.69, 9.17) is 23.2 Å². The molecule has 0 aliphatic carbocycles. The summed E-state index contributed by atoms with van der Waals surface area (Å²) in [4.78, 5) is 2.41. The highest BCUT2D eigenvalue weighted by Gasteiger charge is 2.00. The van der Waals surface area contributed by atoms with E-state index in [1.165, 1.54) is 0 Å². The van der Waals surface area contributed by atoms with Crippen LogP contribution in [0.5, 0.6) is 0 Å². The molecule has 0 amide bonds. The van der Waals surface area contributed by atoms with E-state index < -0.39 is 0 Å². The van der Waals surface area contributed by atoms with E-state index in [2.05, 4.69) is 24.1 Å². The average Bonchev–Trinajstić information content (AvgIpc) is 2.34. The quantitative estimate of drug-likeness (QED) is 0.752. The smallest absolute Gasteiger partial charge is 0.0612 e. The molecule has 0 aliphatic heterocycles. The first-order valence-electron chi connectivity index (χ1n) is 6.08. The largest absolute Gasteiger partial charge is 0.385 e.